The largest absolute Gasteiger partial charge is 0.467 e. The number of fused-ring (bicyclic) bond motifs is 1. The number of anilines is 1. The van der Waals surface area contributed by atoms with E-state index in [1.54, 1.807) is 33.0 Å². The maximum absolute atomic E-state index is 13.0. The van der Waals surface area contributed by atoms with Gasteiger partial charge >= 0.3 is 18.1 Å². The van der Waals surface area contributed by atoms with Gasteiger partial charge in [-0.05, 0) is 65.0 Å². The summed E-state index contributed by atoms with van der Waals surface area (Å²) >= 11 is 0. The molecule has 1 aliphatic heterocycles. The van der Waals surface area contributed by atoms with Crippen molar-refractivity contribution in [1.29, 1.82) is 0 Å². The lowest BCUT2D eigenvalue weighted by molar-refractivity contribution is -0.145. The van der Waals surface area contributed by atoms with Crippen LogP contribution < -0.4 is 26.2 Å². The quantitative estimate of drug-likeness (QED) is 0.224. The van der Waals surface area contributed by atoms with Crippen LogP contribution in [0.4, 0.5) is 15.4 Å². The minimum absolute atomic E-state index is 0.252. The number of alkyl carbamates (subject to hydrolysis) is 1. The lowest BCUT2D eigenvalue weighted by Gasteiger charge is -2.37. The Morgan fingerprint density at radius 3 is 2.64 bits per heavy atom. The molecule has 0 saturated carbocycles. The summed E-state index contributed by atoms with van der Waals surface area (Å²) in [6, 6.07) is 0.604. The Labute approximate surface area is 246 Å². The number of unbranched alkanes of at least 4 members (excludes halogenated alkanes) is 1. The summed E-state index contributed by atoms with van der Waals surface area (Å²) in [4.78, 5) is 60.5. The highest BCUT2D eigenvalue weighted by Gasteiger charge is 2.28. The summed E-state index contributed by atoms with van der Waals surface area (Å²) < 4.78 is 11.3. The molecule has 42 heavy (non-hydrogen) atoms. The first-order chi connectivity index (χ1) is 19.9. The Morgan fingerprint density at radius 1 is 1.19 bits per heavy atom. The van der Waals surface area contributed by atoms with Crippen molar-refractivity contribution in [2.24, 2.45) is 5.92 Å². The van der Waals surface area contributed by atoms with Gasteiger partial charge in [-0.1, -0.05) is 6.92 Å². The van der Waals surface area contributed by atoms with Gasteiger partial charge in [0, 0.05) is 32.4 Å². The molecule has 3 heterocycles. The van der Waals surface area contributed by atoms with Crippen LogP contribution in [0.25, 0.3) is 11.0 Å². The standard InChI is InChI=1S/C28H44N8O6/c1-18-10-13-29-15-21(18)35(5)23-19-11-14-36(24(19)33-17-32-23)26(39)31-16-22(37)34-20(25(38)41-6)9-7-8-12-30-27(40)42-28(2,3)4/h11,14,17-18,20-21,29H,7-10,12-13,15-16H2,1-6H3,(H,30,40)(H,31,39)(H,34,37)/t18-,20+,21+/m1/s1. The van der Waals surface area contributed by atoms with Crippen molar-refractivity contribution in [2.75, 3.05) is 45.2 Å². The fourth-order valence-electron chi connectivity index (χ4n) is 4.89. The minimum Gasteiger partial charge on any atom is -0.467 e. The van der Waals surface area contributed by atoms with E-state index in [-0.39, 0.29) is 12.6 Å². The summed E-state index contributed by atoms with van der Waals surface area (Å²) in [5.41, 5.74) is -0.166. The first kappa shape index (κ1) is 32.6. The fourth-order valence-corrected chi connectivity index (χ4v) is 4.89. The smallest absolute Gasteiger partial charge is 0.407 e. The van der Waals surface area contributed by atoms with Crippen molar-refractivity contribution in [3.8, 4) is 0 Å². The van der Waals surface area contributed by atoms with Crippen LogP contribution in [-0.4, -0.2) is 96.6 Å². The average molecular weight is 589 g/mol. The molecular formula is C28H44N8O6. The van der Waals surface area contributed by atoms with Crippen molar-refractivity contribution in [3.05, 3.63) is 18.6 Å². The molecule has 0 unspecified atom stereocenters. The molecule has 2 aromatic rings. The van der Waals surface area contributed by atoms with E-state index in [9.17, 15) is 19.2 Å². The molecule has 1 saturated heterocycles. The second-order valence-corrected chi connectivity index (χ2v) is 11.5. The van der Waals surface area contributed by atoms with E-state index in [2.05, 4.69) is 43.1 Å². The Balaban J connectivity index is 1.52. The van der Waals surface area contributed by atoms with Crippen LogP contribution in [-0.2, 0) is 19.1 Å². The lowest BCUT2D eigenvalue weighted by atomic mass is 9.93. The molecule has 14 nitrogen and oxygen atoms in total. The number of rotatable bonds is 11. The highest BCUT2D eigenvalue weighted by molar-refractivity contribution is 5.96. The Kier molecular flexibility index (Phi) is 11.5. The second kappa shape index (κ2) is 14.8. The topological polar surface area (TPSA) is 169 Å². The molecule has 0 radical (unpaired) electrons. The Hall–Kier alpha value is -3.94. The van der Waals surface area contributed by atoms with Gasteiger partial charge in [0.15, 0.2) is 5.65 Å². The molecule has 14 heteroatoms. The van der Waals surface area contributed by atoms with E-state index in [1.807, 2.05) is 7.05 Å². The summed E-state index contributed by atoms with van der Waals surface area (Å²) in [5.74, 6) is 0.0675. The van der Waals surface area contributed by atoms with E-state index in [0.29, 0.717) is 37.4 Å². The molecule has 0 spiro atoms. The summed E-state index contributed by atoms with van der Waals surface area (Å²) in [6.07, 6.45) is 4.96. The van der Waals surface area contributed by atoms with E-state index in [1.165, 1.54) is 18.0 Å². The number of methoxy groups -OCH3 is 1. The highest BCUT2D eigenvalue weighted by atomic mass is 16.6. The number of carbonyl (C=O) groups is 4. The van der Waals surface area contributed by atoms with Gasteiger partial charge in [0.2, 0.25) is 5.91 Å². The maximum Gasteiger partial charge on any atom is 0.407 e. The van der Waals surface area contributed by atoms with Crippen LogP contribution in [0.2, 0.25) is 0 Å². The van der Waals surface area contributed by atoms with Crippen molar-refractivity contribution < 1.29 is 28.7 Å². The molecule has 1 fully saturated rings. The first-order valence-corrected chi connectivity index (χ1v) is 14.3. The predicted molar refractivity (Wildman–Crippen MR) is 157 cm³/mol. The molecule has 3 amide bonds. The van der Waals surface area contributed by atoms with Crippen LogP contribution in [0.1, 0.15) is 53.4 Å². The van der Waals surface area contributed by atoms with Crippen LogP contribution in [0, 0.1) is 5.92 Å². The fraction of sp³-hybridized carbons (Fsp3) is 0.643. The van der Waals surface area contributed by atoms with Gasteiger partial charge in [-0.3, -0.25) is 9.36 Å². The van der Waals surface area contributed by atoms with Crippen molar-refractivity contribution >= 4 is 40.9 Å². The lowest BCUT2D eigenvalue weighted by Crippen LogP contribution is -2.49. The zero-order valence-electron chi connectivity index (χ0n) is 25.4. The number of nitrogens with one attached hydrogen (secondary N) is 4. The van der Waals surface area contributed by atoms with Gasteiger partial charge in [-0.15, -0.1) is 0 Å². The number of piperidine rings is 1. The number of carbonyl (C=O) groups excluding carboxylic acids is 4. The van der Waals surface area contributed by atoms with Gasteiger partial charge in [-0.25, -0.2) is 24.4 Å². The van der Waals surface area contributed by atoms with E-state index < -0.39 is 35.6 Å². The minimum atomic E-state index is -0.893. The molecule has 0 aliphatic carbocycles. The molecule has 3 rings (SSSR count). The Bertz CT molecular complexity index is 1240. The first-order valence-electron chi connectivity index (χ1n) is 14.3. The van der Waals surface area contributed by atoms with Crippen LogP contribution >= 0.6 is 0 Å². The number of nitrogens with zero attached hydrogens (tertiary/aromatic N) is 4. The third-order valence-electron chi connectivity index (χ3n) is 7.11. The van der Waals surface area contributed by atoms with Crippen LogP contribution in [0.3, 0.4) is 0 Å². The van der Waals surface area contributed by atoms with E-state index in [0.717, 1.165) is 30.7 Å². The highest BCUT2D eigenvalue weighted by Crippen LogP contribution is 2.27. The molecule has 1 aliphatic rings. The van der Waals surface area contributed by atoms with Gasteiger partial charge in [-0.2, -0.15) is 0 Å². The van der Waals surface area contributed by atoms with Crippen molar-refractivity contribution in [2.45, 2.75) is 71.1 Å². The van der Waals surface area contributed by atoms with Gasteiger partial charge < -0.3 is 35.6 Å². The number of hydrogen-bond donors (Lipinski definition) is 4. The third kappa shape index (κ3) is 9.03. The van der Waals surface area contributed by atoms with Gasteiger partial charge in [0.25, 0.3) is 0 Å². The number of esters is 1. The molecule has 3 atom stereocenters. The predicted octanol–water partition coefficient (Wildman–Crippen LogP) is 1.78. The normalized spacial score (nSPS) is 17.7. The number of aromatic nitrogens is 3. The number of likely N-dealkylation sites (N-methyl/N-ethyl adjacent to an activating group) is 1. The SMILES string of the molecule is COC(=O)[C@H](CCCCNC(=O)OC(C)(C)C)NC(=O)CNC(=O)n1ccc2c(N(C)[C@H]3CNCC[C@H]3C)ncnc21. The molecule has 232 valence electrons. The molecule has 0 aromatic carbocycles. The van der Waals surface area contributed by atoms with E-state index >= 15 is 0 Å². The maximum atomic E-state index is 13.0. The van der Waals surface area contributed by atoms with Crippen LogP contribution in [0.5, 0.6) is 0 Å². The number of ether oxygens (including phenoxy) is 2. The van der Waals surface area contributed by atoms with Gasteiger partial charge in [0.05, 0.1) is 19.0 Å². The zero-order chi connectivity index (χ0) is 30.9. The molecule has 0 bridgehead atoms. The third-order valence-corrected chi connectivity index (χ3v) is 7.11. The average Bonchev–Trinajstić information content (AvgIpc) is 3.38. The van der Waals surface area contributed by atoms with Crippen molar-refractivity contribution in [1.82, 2.24) is 35.8 Å². The van der Waals surface area contributed by atoms with Gasteiger partial charge in [0.1, 0.15) is 23.8 Å². The monoisotopic (exact) mass is 588 g/mol. The molecule has 4 N–H and O–H groups in total. The summed E-state index contributed by atoms with van der Waals surface area (Å²) in [6.45, 7) is 9.39. The Morgan fingerprint density at radius 2 is 1.95 bits per heavy atom. The molecular weight excluding hydrogens is 544 g/mol. The van der Waals surface area contributed by atoms with Crippen molar-refractivity contribution in [3.63, 3.8) is 0 Å². The number of hydrogen-bond acceptors (Lipinski definition) is 10. The zero-order valence-corrected chi connectivity index (χ0v) is 25.4. The second-order valence-electron chi connectivity index (χ2n) is 11.5. The number of amides is 3. The molecule has 2 aromatic heterocycles. The summed E-state index contributed by atoms with van der Waals surface area (Å²) in [5, 5.41) is 12.0. The van der Waals surface area contributed by atoms with E-state index in [4.69, 9.17) is 9.47 Å². The van der Waals surface area contributed by atoms with Crippen LogP contribution in [0.15, 0.2) is 18.6 Å². The summed E-state index contributed by atoms with van der Waals surface area (Å²) in [7, 11) is 3.23.